The Bertz CT molecular complexity index is 675. The van der Waals surface area contributed by atoms with E-state index in [1.165, 1.54) is 12.1 Å². The van der Waals surface area contributed by atoms with Gasteiger partial charge >= 0.3 is 0 Å². The van der Waals surface area contributed by atoms with Crippen molar-refractivity contribution < 1.29 is 9.59 Å². The van der Waals surface area contributed by atoms with Crippen LogP contribution in [-0.2, 0) is 11.2 Å². The molecule has 2 amide bonds. The van der Waals surface area contributed by atoms with Gasteiger partial charge in [-0.3, -0.25) is 20.4 Å². The fourth-order valence-electron chi connectivity index (χ4n) is 1.83. The molecule has 0 bridgehead atoms. The fraction of sp³-hybridized carbons (Fsp3) is 0.125. The van der Waals surface area contributed by atoms with Gasteiger partial charge in [0.05, 0.1) is 10.6 Å². The van der Waals surface area contributed by atoms with Crippen molar-refractivity contribution in [2.45, 2.75) is 12.8 Å². The van der Waals surface area contributed by atoms with E-state index in [-0.39, 0.29) is 22.9 Å². The first kappa shape index (κ1) is 16.3. The van der Waals surface area contributed by atoms with Crippen molar-refractivity contribution in [1.82, 2.24) is 10.9 Å². The molecule has 0 aliphatic carbocycles. The molecule has 0 aliphatic heterocycles. The van der Waals surface area contributed by atoms with Crippen LogP contribution in [0, 0.1) is 0 Å². The van der Waals surface area contributed by atoms with E-state index in [1.807, 2.05) is 30.3 Å². The van der Waals surface area contributed by atoms with E-state index >= 15 is 0 Å². The first-order valence-electron chi connectivity index (χ1n) is 6.64. The predicted octanol–water partition coefficient (Wildman–Crippen LogP) is 3.39. The summed E-state index contributed by atoms with van der Waals surface area (Å²) in [7, 11) is 0. The van der Waals surface area contributed by atoms with Gasteiger partial charge in [-0.25, -0.2) is 0 Å². The van der Waals surface area contributed by atoms with Crippen LogP contribution in [0.2, 0.25) is 10.0 Å². The van der Waals surface area contributed by atoms with Crippen LogP contribution < -0.4 is 10.9 Å². The lowest BCUT2D eigenvalue weighted by Crippen LogP contribution is -2.41. The quantitative estimate of drug-likeness (QED) is 0.841. The second-order valence-electron chi connectivity index (χ2n) is 4.61. The number of rotatable bonds is 4. The average molecular weight is 337 g/mol. The molecular formula is C16H14Cl2N2O2. The molecule has 0 fully saturated rings. The van der Waals surface area contributed by atoms with Crippen LogP contribution in [0.4, 0.5) is 0 Å². The van der Waals surface area contributed by atoms with Crippen molar-refractivity contribution in [3.8, 4) is 0 Å². The zero-order chi connectivity index (χ0) is 15.9. The maximum Gasteiger partial charge on any atom is 0.271 e. The minimum atomic E-state index is -0.491. The van der Waals surface area contributed by atoms with E-state index in [9.17, 15) is 9.59 Å². The third-order valence-electron chi connectivity index (χ3n) is 2.97. The fourth-order valence-corrected chi connectivity index (χ4v) is 2.33. The molecule has 6 heteroatoms. The van der Waals surface area contributed by atoms with E-state index in [1.54, 1.807) is 6.07 Å². The van der Waals surface area contributed by atoms with Crippen molar-refractivity contribution in [3.05, 3.63) is 69.7 Å². The number of hydrogen-bond donors (Lipinski definition) is 2. The largest absolute Gasteiger partial charge is 0.273 e. The summed E-state index contributed by atoms with van der Waals surface area (Å²) < 4.78 is 0. The second kappa shape index (κ2) is 7.82. The monoisotopic (exact) mass is 336 g/mol. The number of carbonyl (C=O) groups is 2. The number of aryl methyl sites for hydroxylation is 1. The Morgan fingerprint density at radius 1 is 0.955 bits per heavy atom. The normalized spacial score (nSPS) is 10.1. The van der Waals surface area contributed by atoms with Crippen molar-refractivity contribution in [3.63, 3.8) is 0 Å². The summed E-state index contributed by atoms with van der Waals surface area (Å²) in [6.45, 7) is 0. The predicted molar refractivity (Wildman–Crippen MR) is 86.8 cm³/mol. The van der Waals surface area contributed by atoms with Gasteiger partial charge in [0, 0.05) is 11.4 Å². The highest BCUT2D eigenvalue weighted by atomic mass is 35.5. The zero-order valence-corrected chi connectivity index (χ0v) is 13.1. The van der Waals surface area contributed by atoms with Crippen LogP contribution in [0.15, 0.2) is 48.5 Å². The topological polar surface area (TPSA) is 58.2 Å². The van der Waals surface area contributed by atoms with Gasteiger partial charge in [0.25, 0.3) is 5.91 Å². The molecule has 0 saturated heterocycles. The molecule has 2 aromatic rings. The van der Waals surface area contributed by atoms with Crippen LogP contribution in [0.5, 0.6) is 0 Å². The molecule has 114 valence electrons. The minimum Gasteiger partial charge on any atom is -0.273 e. The van der Waals surface area contributed by atoms with E-state index in [4.69, 9.17) is 23.2 Å². The lowest BCUT2D eigenvalue weighted by Gasteiger charge is -2.08. The van der Waals surface area contributed by atoms with E-state index < -0.39 is 5.91 Å². The molecule has 0 atom stereocenters. The molecule has 0 aliphatic rings. The summed E-state index contributed by atoms with van der Waals surface area (Å²) in [6, 6.07) is 14.2. The van der Waals surface area contributed by atoms with Crippen LogP contribution in [0.25, 0.3) is 0 Å². The van der Waals surface area contributed by atoms with Crippen LogP contribution in [-0.4, -0.2) is 11.8 Å². The van der Waals surface area contributed by atoms with Crippen molar-refractivity contribution in [1.29, 1.82) is 0 Å². The number of amides is 2. The van der Waals surface area contributed by atoms with Gasteiger partial charge in [-0.2, -0.15) is 0 Å². The Balaban J connectivity index is 1.82. The summed E-state index contributed by atoms with van der Waals surface area (Å²) in [5.74, 6) is -0.767. The maximum atomic E-state index is 11.9. The van der Waals surface area contributed by atoms with E-state index in [2.05, 4.69) is 10.9 Å². The Hall–Kier alpha value is -2.04. The summed E-state index contributed by atoms with van der Waals surface area (Å²) in [5.41, 5.74) is 6.00. The highest BCUT2D eigenvalue weighted by Crippen LogP contribution is 2.20. The van der Waals surface area contributed by atoms with Crippen molar-refractivity contribution in [2.24, 2.45) is 0 Å². The first-order valence-corrected chi connectivity index (χ1v) is 7.40. The second-order valence-corrected chi connectivity index (χ2v) is 5.46. The number of hydrazine groups is 1. The van der Waals surface area contributed by atoms with Gasteiger partial charge in [0.2, 0.25) is 5.91 Å². The van der Waals surface area contributed by atoms with Crippen LogP contribution >= 0.6 is 23.2 Å². The smallest absolute Gasteiger partial charge is 0.271 e. The molecule has 0 saturated carbocycles. The highest BCUT2D eigenvalue weighted by Gasteiger charge is 2.11. The molecule has 4 nitrogen and oxygen atoms in total. The number of nitrogens with one attached hydrogen (secondary N) is 2. The summed E-state index contributed by atoms with van der Waals surface area (Å²) in [5, 5.41) is 0.664. The highest BCUT2D eigenvalue weighted by molar-refractivity contribution is 6.36. The number of carbonyl (C=O) groups excluding carboxylic acids is 2. The maximum absolute atomic E-state index is 11.9. The van der Waals surface area contributed by atoms with Crippen molar-refractivity contribution in [2.75, 3.05) is 0 Å². The summed E-state index contributed by atoms with van der Waals surface area (Å²) >= 11 is 11.7. The lowest BCUT2D eigenvalue weighted by atomic mass is 10.1. The van der Waals surface area contributed by atoms with Gasteiger partial charge in [-0.15, -0.1) is 0 Å². The number of benzene rings is 2. The van der Waals surface area contributed by atoms with E-state index in [0.29, 0.717) is 11.4 Å². The van der Waals surface area contributed by atoms with Gasteiger partial charge in [-0.1, -0.05) is 53.5 Å². The van der Waals surface area contributed by atoms with E-state index in [0.717, 1.165) is 5.56 Å². The average Bonchev–Trinajstić information content (AvgIpc) is 2.51. The molecule has 22 heavy (non-hydrogen) atoms. The lowest BCUT2D eigenvalue weighted by molar-refractivity contribution is -0.121. The molecule has 2 aromatic carbocycles. The number of hydrogen-bond acceptors (Lipinski definition) is 2. The number of halogens is 2. The molecule has 2 rings (SSSR count). The Morgan fingerprint density at radius 3 is 2.36 bits per heavy atom. The zero-order valence-electron chi connectivity index (χ0n) is 11.6. The van der Waals surface area contributed by atoms with Gasteiger partial charge in [-0.05, 0) is 30.2 Å². The summed E-state index contributed by atoms with van der Waals surface area (Å²) in [4.78, 5) is 23.6. The van der Waals surface area contributed by atoms with Crippen LogP contribution in [0.1, 0.15) is 22.3 Å². The van der Waals surface area contributed by atoms with Crippen LogP contribution in [0.3, 0.4) is 0 Å². The van der Waals surface area contributed by atoms with Crippen molar-refractivity contribution >= 4 is 35.0 Å². The molecule has 0 spiro atoms. The molecule has 0 heterocycles. The Kier molecular flexibility index (Phi) is 5.81. The molecular weight excluding hydrogens is 323 g/mol. The minimum absolute atomic E-state index is 0.225. The third kappa shape index (κ3) is 4.76. The standard InChI is InChI=1S/C16H14Cl2N2O2/c17-12-7-8-13(14(18)10-12)16(22)20-19-15(21)9-6-11-4-2-1-3-5-11/h1-5,7-8,10H,6,9H2,(H,19,21)(H,20,22). The first-order chi connectivity index (χ1) is 10.6. The molecule has 2 N–H and O–H groups in total. The molecule has 0 aromatic heterocycles. The van der Waals surface area contributed by atoms with Gasteiger partial charge < -0.3 is 0 Å². The third-order valence-corrected chi connectivity index (χ3v) is 3.52. The Morgan fingerprint density at radius 2 is 1.68 bits per heavy atom. The van der Waals surface area contributed by atoms with Gasteiger partial charge in [0.1, 0.15) is 0 Å². The summed E-state index contributed by atoms with van der Waals surface area (Å²) in [6.07, 6.45) is 0.878. The molecule has 0 radical (unpaired) electrons. The SMILES string of the molecule is O=C(CCc1ccccc1)NNC(=O)c1ccc(Cl)cc1Cl. The van der Waals surface area contributed by atoms with Gasteiger partial charge in [0.15, 0.2) is 0 Å². The molecule has 0 unspecified atom stereocenters. The Labute approximate surface area is 138 Å².